The van der Waals surface area contributed by atoms with E-state index in [4.69, 9.17) is 5.11 Å². The first-order valence-corrected chi connectivity index (χ1v) is 9.95. The number of nitrogens with one attached hydrogen (secondary N) is 2. The smallest absolute Gasteiger partial charge is 0.303 e. The number of carbonyl (C=O) groups is 2. The molecular formula is C21H30N2O3. The van der Waals surface area contributed by atoms with E-state index >= 15 is 0 Å². The van der Waals surface area contributed by atoms with Gasteiger partial charge < -0.3 is 15.7 Å². The van der Waals surface area contributed by atoms with Crippen LogP contribution < -0.4 is 10.6 Å². The Morgan fingerprint density at radius 1 is 1.08 bits per heavy atom. The van der Waals surface area contributed by atoms with Crippen molar-refractivity contribution < 1.29 is 14.7 Å². The third-order valence-electron chi connectivity index (χ3n) is 5.91. The van der Waals surface area contributed by atoms with Gasteiger partial charge in [-0.1, -0.05) is 12.1 Å². The number of carbonyl (C=O) groups excluding carboxylic acids is 1. The molecular weight excluding hydrogens is 328 g/mol. The molecule has 1 saturated carbocycles. The summed E-state index contributed by atoms with van der Waals surface area (Å²) in [5.74, 6) is 0.347. The van der Waals surface area contributed by atoms with Gasteiger partial charge in [-0.3, -0.25) is 9.59 Å². The number of aliphatic carboxylic acids is 1. The van der Waals surface area contributed by atoms with Gasteiger partial charge in [0.2, 0.25) is 0 Å². The molecule has 0 atom stereocenters. The maximum atomic E-state index is 12.6. The van der Waals surface area contributed by atoms with Crippen molar-refractivity contribution in [3.05, 3.63) is 35.4 Å². The van der Waals surface area contributed by atoms with Crippen molar-refractivity contribution in [1.29, 1.82) is 0 Å². The molecule has 3 rings (SSSR count). The Morgan fingerprint density at radius 3 is 2.50 bits per heavy atom. The van der Waals surface area contributed by atoms with Gasteiger partial charge >= 0.3 is 5.97 Å². The zero-order chi connectivity index (χ0) is 18.4. The van der Waals surface area contributed by atoms with Crippen molar-refractivity contribution in [2.24, 2.45) is 5.92 Å². The largest absolute Gasteiger partial charge is 0.481 e. The molecule has 0 spiro atoms. The quantitative estimate of drug-likeness (QED) is 0.729. The number of hydrogen-bond acceptors (Lipinski definition) is 3. The molecule has 1 heterocycles. The molecule has 0 bridgehead atoms. The summed E-state index contributed by atoms with van der Waals surface area (Å²) >= 11 is 0. The molecule has 0 aromatic heterocycles. The molecule has 1 aromatic rings. The van der Waals surface area contributed by atoms with Crippen LogP contribution in [0, 0.1) is 5.92 Å². The van der Waals surface area contributed by atoms with Crippen LogP contribution in [0.15, 0.2) is 24.3 Å². The van der Waals surface area contributed by atoms with Crippen molar-refractivity contribution in [1.82, 2.24) is 10.6 Å². The van der Waals surface area contributed by atoms with Crippen LogP contribution in [0.25, 0.3) is 0 Å². The van der Waals surface area contributed by atoms with E-state index in [-0.39, 0.29) is 18.4 Å². The van der Waals surface area contributed by atoms with Crippen LogP contribution in [-0.4, -0.2) is 36.1 Å². The van der Waals surface area contributed by atoms with E-state index in [2.05, 4.69) is 22.8 Å². The number of carboxylic acid groups (broad SMARTS) is 1. The second-order valence-corrected chi connectivity index (χ2v) is 7.77. The van der Waals surface area contributed by atoms with Gasteiger partial charge in [-0.2, -0.15) is 0 Å². The minimum atomic E-state index is -0.714. The Balaban J connectivity index is 1.50. The third kappa shape index (κ3) is 5.31. The fourth-order valence-electron chi connectivity index (χ4n) is 4.28. The fourth-order valence-corrected chi connectivity index (χ4v) is 4.28. The number of amides is 1. The van der Waals surface area contributed by atoms with Gasteiger partial charge in [0.25, 0.3) is 5.91 Å². The molecule has 1 amide bonds. The normalized spacial score (nSPS) is 24.2. The van der Waals surface area contributed by atoms with Gasteiger partial charge in [-0.25, -0.2) is 0 Å². The molecule has 2 aliphatic rings. The number of piperidine rings is 1. The fraction of sp³-hybridized carbons (Fsp3) is 0.619. The van der Waals surface area contributed by atoms with Crippen LogP contribution in [0.1, 0.15) is 73.2 Å². The molecule has 1 saturated heterocycles. The molecule has 142 valence electrons. The Bertz CT molecular complexity index is 617. The Labute approximate surface area is 155 Å². The molecule has 1 aliphatic heterocycles. The highest BCUT2D eigenvalue weighted by atomic mass is 16.4. The second-order valence-electron chi connectivity index (χ2n) is 7.77. The molecule has 3 N–H and O–H groups in total. The summed E-state index contributed by atoms with van der Waals surface area (Å²) in [5.41, 5.74) is 2.03. The number of carboxylic acids is 1. The molecule has 5 nitrogen and oxygen atoms in total. The molecule has 0 radical (unpaired) electrons. The van der Waals surface area contributed by atoms with E-state index < -0.39 is 5.97 Å². The maximum Gasteiger partial charge on any atom is 0.303 e. The summed E-state index contributed by atoms with van der Waals surface area (Å²) in [5, 5.41) is 15.4. The van der Waals surface area contributed by atoms with Gasteiger partial charge in [-0.15, -0.1) is 0 Å². The van der Waals surface area contributed by atoms with Crippen LogP contribution in [0.2, 0.25) is 0 Å². The zero-order valence-corrected chi connectivity index (χ0v) is 15.4. The number of rotatable bonds is 6. The van der Waals surface area contributed by atoms with Crippen LogP contribution >= 0.6 is 0 Å². The Morgan fingerprint density at radius 2 is 1.81 bits per heavy atom. The molecule has 26 heavy (non-hydrogen) atoms. The lowest BCUT2D eigenvalue weighted by Gasteiger charge is -2.29. The average Bonchev–Trinajstić information content (AvgIpc) is 2.68. The summed E-state index contributed by atoms with van der Waals surface area (Å²) in [6.07, 6.45) is 7.19. The van der Waals surface area contributed by atoms with Gasteiger partial charge in [0.1, 0.15) is 0 Å². The first-order chi connectivity index (χ1) is 12.6. The van der Waals surface area contributed by atoms with Crippen LogP contribution in [-0.2, 0) is 4.79 Å². The van der Waals surface area contributed by atoms with E-state index in [0.717, 1.165) is 63.6 Å². The molecule has 1 aromatic carbocycles. The first kappa shape index (κ1) is 18.9. The number of benzene rings is 1. The van der Waals surface area contributed by atoms with Gasteiger partial charge in [0.05, 0.1) is 0 Å². The third-order valence-corrected chi connectivity index (χ3v) is 5.91. The highest BCUT2D eigenvalue weighted by Gasteiger charge is 2.23. The Hall–Kier alpha value is -1.88. The van der Waals surface area contributed by atoms with E-state index in [9.17, 15) is 9.59 Å². The minimum Gasteiger partial charge on any atom is -0.481 e. The lowest BCUT2D eigenvalue weighted by atomic mass is 9.83. The molecule has 5 heteroatoms. The predicted molar refractivity (Wildman–Crippen MR) is 101 cm³/mol. The highest BCUT2D eigenvalue weighted by Crippen LogP contribution is 2.29. The van der Waals surface area contributed by atoms with E-state index in [1.54, 1.807) is 0 Å². The lowest BCUT2D eigenvalue weighted by Crippen LogP contribution is -2.37. The van der Waals surface area contributed by atoms with Gasteiger partial charge in [0, 0.05) is 18.0 Å². The summed E-state index contributed by atoms with van der Waals surface area (Å²) in [6, 6.07) is 8.31. The van der Waals surface area contributed by atoms with Crippen molar-refractivity contribution in [2.45, 2.75) is 63.3 Å². The van der Waals surface area contributed by atoms with Crippen molar-refractivity contribution in [3.8, 4) is 0 Å². The molecule has 0 unspecified atom stereocenters. The SMILES string of the molecule is O=C(O)CCC1CCC(NC(=O)c2cccc(C3CCNCC3)c2)CC1. The molecule has 1 aliphatic carbocycles. The van der Waals surface area contributed by atoms with Gasteiger partial charge in [0.15, 0.2) is 0 Å². The van der Waals surface area contributed by atoms with Crippen LogP contribution in [0.3, 0.4) is 0 Å². The first-order valence-electron chi connectivity index (χ1n) is 9.95. The van der Waals surface area contributed by atoms with E-state index in [1.807, 2.05) is 12.1 Å². The highest BCUT2D eigenvalue weighted by molar-refractivity contribution is 5.94. The summed E-state index contributed by atoms with van der Waals surface area (Å²) < 4.78 is 0. The zero-order valence-electron chi connectivity index (χ0n) is 15.4. The minimum absolute atomic E-state index is 0.0229. The lowest BCUT2D eigenvalue weighted by molar-refractivity contribution is -0.137. The standard InChI is InChI=1S/C21H30N2O3/c24-20(25)9-6-15-4-7-19(8-5-15)23-21(26)18-3-1-2-17(14-18)16-10-12-22-13-11-16/h1-3,14-16,19,22H,4-13H2,(H,23,26)(H,24,25). The Kier molecular flexibility index (Phi) is 6.67. The monoisotopic (exact) mass is 358 g/mol. The predicted octanol–water partition coefficient (Wildman–Crippen LogP) is 3.31. The second kappa shape index (κ2) is 9.17. The van der Waals surface area contributed by atoms with Gasteiger partial charge in [-0.05, 0) is 87.6 Å². The molecule has 2 fully saturated rings. The maximum absolute atomic E-state index is 12.6. The topological polar surface area (TPSA) is 78.4 Å². The van der Waals surface area contributed by atoms with Crippen LogP contribution in [0.4, 0.5) is 0 Å². The summed E-state index contributed by atoms with van der Waals surface area (Å²) in [7, 11) is 0. The summed E-state index contributed by atoms with van der Waals surface area (Å²) in [4.78, 5) is 23.3. The van der Waals surface area contributed by atoms with Crippen molar-refractivity contribution in [2.75, 3.05) is 13.1 Å². The van der Waals surface area contributed by atoms with Crippen LogP contribution in [0.5, 0.6) is 0 Å². The van der Waals surface area contributed by atoms with E-state index in [0.29, 0.717) is 11.8 Å². The average molecular weight is 358 g/mol. The van der Waals surface area contributed by atoms with Crippen molar-refractivity contribution >= 4 is 11.9 Å². The number of hydrogen-bond donors (Lipinski definition) is 3. The van der Waals surface area contributed by atoms with Crippen molar-refractivity contribution in [3.63, 3.8) is 0 Å². The summed E-state index contributed by atoms with van der Waals surface area (Å²) in [6.45, 7) is 2.10. The van der Waals surface area contributed by atoms with E-state index in [1.165, 1.54) is 5.56 Å².